The lowest BCUT2D eigenvalue weighted by molar-refractivity contribution is -0.121. The number of carbonyl (C=O) groups is 1. The van der Waals surface area contributed by atoms with E-state index in [2.05, 4.69) is 24.1 Å². The molecule has 0 aromatic carbocycles. The Kier molecular flexibility index (Phi) is 9.14. The van der Waals surface area contributed by atoms with Gasteiger partial charge < -0.3 is 10.1 Å². The van der Waals surface area contributed by atoms with Crippen molar-refractivity contribution in [2.24, 2.45) is 11.8 Å². The van der Waals surface area contributed by atoms with Crippen LogP contribution in [0.1, 0.15) is 25.6 Å². The molecule has 6 heteroatoms. The number of hydrogen-bond acceptors (Lipinski definition) is 4. The van der Waals surface area contributed by atoms with Crippen molar-refractivity contribution >= 4 is 29.7 Å². The summed E-state index contributed by atoms with van der Waals surface area (Å²) in [5.74, 6) is 1.24. The molecule has 1 amide bonds. The molecule has 23 heavy (non-hydrogen) atoms. The van der Waals surface area contributed by atoms with Crippen LogP contribution in [-0.4, -0.2) is 49.7 Å². The van der Waals surface area contributed by atoms with Crippen LogP contribution < -0.4 is 5.32 Å². The molecule has 1 fully saturated rings. The van der Waals surface area contributed by atoms with Gasteiger partial charge in [-0.15, -0.1) is 23.7 Å². The minimum absolute atomic E-state index is 0. The molecular formula is C17H29ClN2O2S. The van der Waals surface area contributed by atoms with E-state index in [1.807, 2.05) is 24.4 Å². The SMILES string of the molecule is CCOCCN1C[C@H](NC(=O)Cc2cccs2)[C@@H](C(C)C)C1.Cl. The normalized spacial score (nSPS) is 21.4. The van der Waals surface area contributed by atoms with Gasteiger partial charge in [0.1, 0.15) is 0 Å². The number of likely N-dealkylation sites (tertiary alicyclic amines) is 1. The molecule has 1 aliphatic heterocycles. The van der Waals surface area contributed by atoms with Crippen LogP contribution in [0.4, 0.5) is 0 Å². The molecule has 0 saturated carbocycles. The Labute approximate surface area is 150 Å². The zero-order valence-corrected chi connectivity index (χ0v) is 15.9. The van der Waals surface area contributed by atoms with E-state index in [0.29, 0.717) is 18.3 Å². The fraction of sp³-hybridized carbons (Fsp3) is 0.706. The first-order chi connectivity index (χ1) is 10.6. The van der Waals surface area contributed by atoms with Crippen molar-refractivity contribution in [2.45, 2.75) is 33.2 Å². The average Bonchev–Trinajstić information content (AvgIpc) is 3.09. The smallest absolute Gasteiger partial charge is 0.225 e. The summed E-state index contributed by atoms with van der Waals surface area (Å²) in [6.45, 7) is 11.0. The molecule has 1 N–H and O–H groups in total. The lowest BCUT2D eigenvalue weighted by Crippen LogP contribution is -2.42. The van der Waals surface area contributed by atoms with Crippen molar-refractivity contribution in [2.75, 3.05) is 32.8 Å². The van der Waals surface area contributed by atoms with Crippen LogP contribution in [0.5, 0.6) is 0 Å². The van der Waals surface area contributed by atoms with Crippen LogP contribution in [0.2, 0.25) is 0 Å². The molecule has 1 aromatic heterocycles. The molecule has 0 radical (unpaired) electrons. The zero-order valence-electron chi connectivity index (χ0n) is 14.3. The zero-order chi connectivity index (χ0) is 15.9. The van der Waals surface area contributed by atoms with E-state index in [4.69, 9.17) is 4.74 Å². The highest BCUT2D eigenvalue weighted by molar-refractivity contribution is 7.10. The lowest BCUT2D eigenvalue weighted by atomic mass is 9.91. The topological polar surface area (TPSA) is 41.6 Å². The summed E-state index contributed by atoms with van der Waals surface area (Å²) < 4.78 is 5.45. The number of nitrogens with zero attached hydrogens (tertiary/aromatic N) is 1. The minimum Gasteiger partial charge on any atom is -0.380 e. The van der Waals surface area contributed by atoms with E-state index in [0.717, 1.165) is 37.7 Å². The maximum absolute atomic E-state index is 12.3. The number of rotatable bonds is 8. The standard InChI is InChI=1S/C17H28N2O2S.ClH/c1-4-21-8-7-19-11-15(13(2)3)16(12-19)18-17(20)10-14-6-5-9-22-14;/h5-6,9,13,15-16H,4,7-8,10-12H2,1-3H3,(H,18,20);1H/t15-,16+;/m1./s1. The van der Waals surface area contributed by atoms with E-state index in [9.17, 15) is 4.79 Å². The second-order valence-electron chi connectivity index (χ2n) is 6.29. The number of carbonyl (C=O) groups excluding carboxylic acids is 1. The maximum Gasteiger partial charge on any atom is 0.225 e. The first-order valence-electron chi connectivity index (χ1n) is 8.22. The third kappa shape index (κ3) is 6.42. The van der Waals surface area contributed by atoms with Crippen molar-refractivity contribution in [1.29, 1.82) is 0 Å². The quantitative estimate of drug-likeness (QED) is 0.725. The van der Waals surface area contributed by atoms with Gasteiger partial charge in [-0.2, -0.15) is 0 Å². The van der Waals surface area contributed by atoms with E-state index in [-0.39, 0.29) is 24.4 Å². The molecular weight excluding hydrogens is 332 g/mol. The number of amides is 1. The third-order valence-electron chi connectivity index (χ3n) is 4.31. The number of hydrogen-bond donors (Lipinski definition) is 1. The molecule has 0 unspecified atom stereocenters. The summed E-state index contributed by atoms with van der Waals surface area (Å²) >= 11 is 1.64. The van der Waals surface area contributed by atoms with Crippen molar-refractivity contribution in [3.8, 4) is 0 Å². The minimum atomic E-state index is 0. The predicted molar refractivity (Wildman–Crippen MR) is 98.5 cm³/mol. The van der Waals surface area contributed by atoms with E-state index in [1.54, 1.807) is 11.3 Å². The Morgan fingerprint density at radius 3 is 2.87 bits per heavy atom. The van der Waals surface area contributed by atoms with Crippen LogP contribution in [0, 0.1) is 11.8 Å². The van der Waals surface area contributed by atoms with Crippen molar-refractivity contribution in [3.05, 3.63) is 22.4 Å². The van der Waals surface area contributed by atoms with Crippen LogP contribution >= 0.6 is 23.7 Å². The summed E-state index contributed by atoms with van der Waals surface area (Å²) in [6, 6.07) is 4.27. The van der Waals surface area contributed by atoms with Gasteiger partial charge in [0.25, 0.3) is 0 Å². The average molecular weight is 361 g/mol. The first kappa shape index (κ1) is 20.4. The van der Waals surface area contributed by atoms with Gasteiger partial charge in [-0.1, -0.05) is 19.9 Å². The van der Waals surface area contributed by atoms with E-state index >= 15 is 0 Å². The van der Waals surface area contributed by atoms with Crippen LogP contribution in [0.15, 0.2) is 17.5 Å². The molecule has 1 saturated heterocycles. The predicted octanol–water partition coefficient (Wildman–Crippen LogP) is 2.82. The fourth-order valence-corrected chi connectivity index (χ4v) is 3.79. The maximum atomic E-state index is 12.3. The molecule has 1 aromatic rings. The van der Waals surface area contributed by atoms with E-state index in [1.165, 1.54) is 0 Å². The summed E-state index contributed by atoms with van der Waals surface area (Å²) in [6.07, 6.45) is 0.498. The lowest BCUT2D eigenvalue weighted by Gasteiger charge is -2.22. The third-order valence-corrected chi connectivity index (χ3v) is 5.19. The van der Waals surface area contributed by atoms with Gasteiger partial charge in [0.05, 0.1) is 13.0 Å². The summed E-state index contributed by atoms with van der Waals surface area (Å²) in [7, 11) is 0. The van der Waals surface area contributed by atoms with Crippen molar-refractivity contribution < 1.29 is 9.53 Å². The van der Waals surface area contributed by atoms with Gasteiger partial charge >= 0.3 is 0 Å². The number of ether oxygens (including phenoxy) is 1. The highest BCUT2D eigenvalue weighted by Crippen LogP contribution is 2.24. The highest BCUT2D eigenvalue weighted by Gasteiger charge is 2.35. The molecule has 2 atom stereocenters. The number of halogens is 1. The van der Waals surface area contributed by atoms with Gasteiger partial charge in [0.2, 0.25) is 5.91 Å². The van der Waals surface area contributed by atoms with Crippen molar-refractivity contribution in [3.63, 3.8) is 0 Å². The Hall–Kier alpha value is -0.620. The Balaban J connectivity index is 0.00000264. The van der Waals surface area contributed by atoms with Gasteiger partial charge in [0, 0.05) is 37.2 Å². The van der Waals surface area contributed by atoms with Crippen LogP contribution in [0.3, 0.4) is 0 Å². The largest absolute Gasteiger partial charge is 0.380 e. The van der Waals surface area contributed by atoms with Crippen LogP contribution in [0.25, 0.3) is 0 Å². The molecule has 2 heterocycles. The summed E-state index contributed by atoms with van der Waals surface area (Å²) in [5.41, 5.74) is 0. The second-order valence-corrected chi connectivity index (χ2v) is 7.33. The van der Waals surface area contributed by atoms with Crippen LogP contribution in [-0.2, 0) is 16.0 Å². The molecule has 4 nitrogen and oxygen atoms in total. The molecule has 132 valence electrons. The highest BCUT2D eigenvalue weighted by atomic mass is 35.5. The van der Waals surface area contributed by atoms with E-state index < -0.39 is 0 Å². The van der Waals surface area contributed by atoms with Gasteiger partial charge in [0.15, 0.2) is 0 Å². The molecule has 0 aliphatic carbocycles. The van der Waals surface area contributed by atoms with Crippen molar-refractivity contribution in [1.82, 2.24) is 10.2 Å². The Bertz CT molecular complexity index is 453. The van der Waals surface area contributed by atoms with Gasteiger partial charge in [-0.05, 0) is 30.2 Å². The molecule has 0 bridgehead atoms. The Morgan fingerprint density at radius 1 is 1.48 bits per heavy atom. The number of nitrogens with one attached hydrogen (secondary N) is 1. The monoisotopic (exact) mass is 360 g/mol. The molecule has 0 spiro atoms. The van der Waals surface area contributed by atoms with Gasteiger partial charge in [-0.25, -0.2) is 0 Å². The first-order valence-corrected chi connectivity index (χ1v) is 9.10. The summed E-state index contributed by atoms with van der Waals surface area (Å²) in [4.78, 5) is 15.8. The Morgan fingerprint density at radius 2 is 2.26 bits per heavy atom. The molecule has 2 rings (SSSR count). The summed E-state index contributed by atoms with van der Waals surface area (Å²) in [5, 5.41) is 5.27. The second kappa shape index (κ2) is 10.3. The fourth-order valence-electron chi connectivity index (χ4n) is 3.09. The number of thiophene rings is 1. The van der Waals surface area contributed by atoms with Gasteiger partial charge in [-0.3, -0.25) is 9.69 Å². The molecule has 1 aliphatic rings.